The summed E-state index contributed by atoms with van der Waals surface area (Å²) in [4.78, 5) is 1.30. The number of benzene rings is 1. The minimum atomic E-state index is -4.18. The average Bonchev–Trinajstić information content (AvgIpc) is 2.17. The fraction of sp³-hybridized carbons (Fsp3) is 0.455. The zero-order valence-corrected chi connectivity index (χ0v) is 8.87. The van der Waals surface area contributed by atoms with Gasteiger partial charge in [0, 0.05) is 19.6 Å². The number of rotatable bonds is 5. The predicted molar refractivity (Wildman–Crippen MR) is 56.8 cm³/mol. The Morgan fingerprint density at radius 3 is 2.25 bits per heavy atom. The van der Waals surface area contributed by atoms with Crippen molar-refractivity contribution < 1.29 is 13.2 Å². The third kappa shape index (κ3) is 5.14. The van der Waals surface area contributed by atoms with Crippen molar-refractivity contribution in [2.75, 3.05) is 19.6 Å². The van der Waals surface area contributed by atoms with Gasteiger partial charge in [-0.2, -0.15) is 13.2 Å². The Kier molecular flexibility index (Phi) is 4.76. The summed E-state index contributed by atoms with van der Waals surface area (Å²) < 4.78 is 36.7. The van der Waals surface area contributed by atoms with Crippen molar-refractivity contribution in [2.45, 2.75) is 12.7 Å². The van der Waals surface area contributed by atoms with E-state index in [2.05, 4.69) is 0 Å². The normalized spacial score (nSPS) is 12.1. The molecule has 0 saturated heterocycles. The Bertz CT molecular complexity index is 298. The van der Waals surface area contributed by atoms with Crippen molar-refractivity contribution in [3.8, 4) is 0 Å². The van der Waals surface area contributed by atoms with Gasteiger partial charge in [0.05, 0.1) is 6.54 Å². The van der Waals surface area contributed by atoms with Crippen molar-refractivity contribution in [1.29, 1.82) is 0 Å². The lowest BCUT2D eigenvalue weighted by atomic mass is 10.2. The first-order valence-corrected chi connectivity index (χ1v) is 5.04. The van der Waals surface area contributed by atoms with Crippen molar-refractivity contribution in [3.05, 3.63) is 35.9 Å². The summed E-state index contributed by atoms with van der Waals surface area (Å²) in [6.07, 6.45) is -4.18. The van der Waals surface area contributed by atoms with Crippen molar-refractivity contribution in [2.24, 2.45) is 5.73 Å². The van der Waals surface area contributed by atoms with Gasteiger partial charge in [0.15, 0.2) is 0 Å². The highest BCUT2D eigenvalue weighted by Gasteiger charge is 2.30. The third-order valence-corrected chi connectivity index (χ3v) is 2.10. The zero-order valence-electron chi connectivity index (χ0n) is 8.87. The van der Waals surface area contributed by atoms with Crippen LogP contribution in [0, 0.1) is 0 Å². The quantitative estimate of drug-likeness (QED) is 0.841. The first kappa shape index (κ1) is 13.0. The number of hydrogen-bond donors (Lipinski definition) is 1. The minimum Gasteiger partial charge on any atom is -0.329 e. The highest BCUT2D eigenvalue weighted by Crippen LogP contribution is 2.17. The molecule has 90 valence electrons. The van der Waals surface area contributed by atoms with E-state index in [4.69, 9.17) is 5.73 Å². The molecule has 0 aromatic heterocycles. The van der Waals surface area contributed by atoms with Gasteiger partial charge >= 0.3 is 6.18 Å². The number of nitrogens with zero attached hydrogens (tertiary/aromatic N) is 1. The zero-order chi connectivity index (χ0) is 12.0. The molecule has 0 bridgehead atoms. The summed E-state index contributed by atoms with van der Waals surface area (Å²) in [6, 6.07) is 9.06. The van der Waals surface area contributed by atoms with E-state index < -0.39 is 12.7 Å². The molecule has 2 N–H and O–H groups in total. The topological polar surface area (TPSA) is 29.3 Å². The molecule has 1 aromatic carbocycles. The third-order valence-electron chi connectivity index (χ3n) is 2.10. The lowest BCUT2D eigenvalue weighted by molar-refractivity contribution is -0.146. The highest BCUT2D eigenvalue weighted by atomic mass is 19.4. The number of nitrogens with two attached hydrogens (primary N) is 1. The van der Waals surface area contributed by atoms with E-state index in [9.17, 15) is 13.2 Å². The van der Waals surface area contributed by atoms with Gasteiger partial charge in [0.2, 0.25) is 0 Å². The van der Waals surface area contributed by atoms with E-state index in [-0.39, 0.29) is 19.6 Å². The van der Waals surface area contributed by atoms with E-state index in [1.807, 2.05) is 18.2 Å². The maximum absolute atomic E-state index is 12.2. The Labute approximate surface area is 92.9 Å². The maximum Gasteiger partial charge on any atom is 0.401 e. The minimum absolute atomic E-state index is 0.225. The summed E-state index contributed by atoms with van der Waals surface area (Å²) >= 11 is 0. The van der Waals surface area contributed by atoms with Gasteiger partial charge in [0.1, 0.15) is 0 Å². The lowest BCUT2D eigenvalue weighted by Gasteiger charge is -2.22. The van der Waals surface area contributed by atoms with Gasteiger partial charge in [-0.15, -0.1) is 0 Å². The van der Waals surface area contributed by atoms with Crippen LogP contribution >= 0.6 is 0 Å². The molecule has 0 amide bonds. The highest BCUT2D eigenvalue weighted by molar-refractivity contribution is 5.14. The fourth-order valence-corrected chi connectivity index (χ4v) is 1.49. The van der Waals surface area contributed by atoms with Crippen LogP contribution in [0.25, 0.3) is 0 Å². The SMILES string of the molecule is NCCN(Cc1ccccc1)CC(F)(F)F. The largest absolute Gasteiger partial charge is 0.401 e. The van der Waals surface area contributed by atoms with Crippen molar-refractivity contribution >= 4 is 0 Å². The molecule has 1 aromatic rings. The van der Waals surface area contributed by atoms with Crippen LogP contribution in [-0.4, -0.2) is 30.7 Å². The van der Waals surface area contributed by atoms with Crippen LogP contribution in [0.15, 0.2) is 30.3 Å². The molecule has 0 aliphatic carbocycles. The van der Waals surface area contributed by atoms with E-state index in [0.717, 1.165) is 5.56 Å². The van der Waals surface area contributed by atoms with E-state index >= 15 is 0 Å². The van der Waals surface area contributed by atoms with Crippen LogP contribution in [0.2, 0.25) is 0 Å². The number of hydrogen-bond acceptors (Lipinski definition) is 2. The van der Waals surface area contributed by atoms with Gasteiger partial charge in [-0.25, -0.2) is 0 Å². The molecule has 0 saturated carbocycles. The van der Waals surface area contributed by atoms with Gasteiger partial charge in [0.25, 0.3) is 0 Å². The molecule has 1 rings (SSSR count). The van der Waals surface area contributed by atoms with E-state index in [1.54, 1.807) is 12.1 Å². The van der Waals surface area contributed by atoms with Crippen LogP contribution in [0.3, 0.4) is 0 Å². The van der Waals surface area contributed by atoms with E-state index in [1.165, 1.54) is 4.90 Å². The molecule has 0 unspecified atom stereocenters. The number of alkyl halides is 3. The maximum atomic E-state index is 12.2. The van der Waals surface area contributed by atoms with Crippen molar-refractivity contribution in [1.82, 2.24) is 4.90 Å². The van der Waals surface area contributed by atoms with Crippen LogP contribution in [0.4, 0.5) is 13.2 Å². The summed E-state index contributed by atoms with van der Waals surface area (Å²) in [5.74, 6) is 0. The molecule has 2 nitrogen and oxygen atoms in total. The molecule has 5 heteroatoms. The Morgan fingerprint density at radius 1 is 1.12 bits per heavy atom. The van der Waals surface area contributed by atoms with Gasteiger partial charge in [-0.3, -0.25) is 4.90 Å². The summed E-state index contributed by atoms with van der Waals surface area (Å²) in [7, 11) is 0. The molecule has 0 spiro atoms. The molecular formula is C11H15F3N2. The van der Waals surface area contributed by atoms with Crippen LogP contribution in [0.1, 0.15) is 5.56 Å². The Morgan fingerprint density at radius 2 is 1.75 bits per heavy atom. The van der Waals surface area contributed by atoms with Gasteiger partial charge in [-0.1, -0.05) is 30.3 Å². The second kappa shape index (κ2) is 5.86. The second-order valence-electron chi connectivity index (χ2n) is 3.60. The monoisotopic (exact) mass is 232 g/mol. The molecule has 0 aliphatic heterocycles. The lowest BCUT2D eigenvalue weighted by Crippen LogP contribution is -2.37. The van der Waals surface area contributed by atoms with Gasteiger partial charge in [-0.05, 0) is 5.56 Å². The summed E-state index contributed by atoms with van der Waals surface area (Å²) in [5, 5.41) is 0. The smallest absolute Gasteiger partial charge is 0.329 e. The Balaban J connectivity index is 2.58. The molecule has 0 aliphatic rings. The fourth-order valence-electron chi connectivity index (χ4n) is 1.49. The van der Waals surface area contributed by atoms with Crippen LogP contribution in [-0.2, 0) is 6.54 Å². The first-order chi connectivity index (χ1) is 7.51. The molecule has 16 heavy (non-hydrogen) atoms. The first-order valence-electron chi connectivity index (χ1n) is 5.04. The molecule has 0 atom stereocenters. The second-order valence-corrected chi connectivity index (χ2v) is 3.60. The van der Waals surface area contributed by atoms with Crippen molar-refractivity contribution in [3.63, 3.8) is 0 Å². The van der Waals surface area contributed by atoms with Gasteiger partial charge < -0.3 is 5.73 Å². The summed E-state index contributed by atoms with van der Waals surface area (Å²) in [5.41, 5.74) is 6.15. The summed E-state index contributed by atoms with van der Waals surface area (Å²) in [6.45, 7) is -0.173. The molecular weight excluding hydrogens is 217 g/mol. The Hall–Kier alpha value is -1.07. The number of halogens is 3. The predicted octanol–water partition coefficient (Wildman–Crippen LogP) is 2.01. The van der Waals surface area contributed by atoms with E-state index in [0.29, 0.717) is 0 Å². The molecule has 0 heterocycles. The van der Waals surface area contributed by atoms with Crippen LogP contribution in [0.5, 0.6) is 0 Å². The molecule has 0 radical (unpaired) electrons. The molecule has 0 fully saturated rings. The standard InChI is InChI=1S/C11H15F3N2/c12-11(13,14)9-16(7-6-15)8-10-4-2-1-3-5-10/h1-5H,6-9,15H2. The van der Waals surface area contributed by atoms with Crippen LogP contribution < -0.4 is 5.73 Å². The average molecular weight is 232 g/mol.